The normalized spacial score (nSPS) is 11.6. The molecule has 0 saturated carbocycles. The lowest BCUT2D eigenvalue weighted by Crippen LogP contribution is -2.31. The Hall–Kier alpha value is -1.57. The molecule has 144 valence electrons. The van der Waals surface area contributed by atoms with E-state index in [2.05, 4.69) is 75.5 Å². The fraction of sp³-hybridized carbons (Fsp3) is 0.360. The number of hydrogen-bond donors (Lipinski definition) is 0. The van der Waals surface area contributed by atoms with Crippen LogP contribution in [0.2, 0.25) is 17.6 Å². The fourth-order valence-electron chi connectivity index (χ4n) is 3.63. The molecule has 0 aliphatic heterocycles. The van der Waals surface area contributed by atoms with E-state index in [0.717, 1.165) is 12.8 Å². The van der Waals surface area contributed by atoms with Gasteiger partial charge in [0.1, 0.15) is 0 Å². The molecule has 0 bridgehead atoms. The summed E-state index contributed by atoms with van der Waals surface area (Å²) in [6.45, 7) is 12.4. The number of rotatable bonds is 11. The van der Waals surface area contributed by atoms with Crippen molar-refractivity contribution in [2.45, 2.75) is 57.2 Å². The molecule has 0 aliphatic carbocycles. The van der Waals surface area contributed by atoms with Gasteiger partial charge in [0, 0.05) is 0 Å². The van der Waals surface area contributed by atoms with Crippen LogP contribution in [0.15, 0.2) is 61.7 Å². The average molecular weight is 397 g/mol. The predicted octanol–water partition coefficient (Wildman–Crippen LogP) is 8.13. The Morgan fingerprint density at radius 1 is 0.852 bits per heavy atom. The SMILES string of the molecule is C=Cc1cccc(CCC[Si](Cl)(CCCc2cccc(C=C)c2)C(C)C)c1. The van der Waals surface area contributed by atoms with Crippen LogP contribution in [0, 0.1) is 0 Å². The maximum absolute atomic E-state index is 7.23. The minimum atomic E-state index is -1.75. The molecule has 0 saturated heterocycles. The van der Waals surface area contributed by atoms with E-state index in [4.69, 9.17) is 11.1 Å². The molecule has 0 amide bonds. The molecule has 0 aromatic heterocycles. The van der Waals surface area contributed by atoms with Gasteiger partial charge in [-0.15, -0.1) is 0 Å². The largest absolute Gasteiger partial charge is 0.167 e. The maximum atomic E-state index is 7.23. The number of aryl methyl sites for hydroxylation is 2. The first-order chi connectivity index (χ1) is 13.0. The van der Waals surface area contributed by atoms with E-state index in [9.17, 15) is 0 Å². The standard InChI is InChI=1S/C25H33ClSi/c1-5-22-11-7-13-24(19-22)15-9-17-27(26,21(3)4)18-10-16-25-14-8-12-23(6-2)20-25/h5-8,11-14,19-21H,1-2,9-10,15-18H2,3-4H3. The van der Waals surface area contributed by atoms with Crippen LogP contribution in [-0.4, -0.2) is 7.38 Å². The van der Waals surface area contributed by atoms with Crippen LogP contribution in [0.4, 0.5) is 0 Å². The summed E-state index contributed by atoms with van der Waals surface area (Å²) < 4.78 is 0. The van der Waals surface area contributed by atoms with Gasteiger partial charge < -0.3 is 0 Å². The second-order valence-corrected chi connectivity index (χ2v) is 14.3. The van der Waals surface area contributed by atoms with E-state index in [0.29, 0.717) is 5.54 Å². The van der Waals surface area contributed by atoms with Gasteiger partial charge >= 0.3 is 0 Å². The molecule has 0 fully saturated rings. The third kappa shape index (κ3) is 6.83. The van der Waals surface area contributed by atoms with Crippen molar-refractivity contribution in [2.75, 3.05) is 0 Å². The molecule has 2 aromatic rings. The lowest BCUT2D eigenvalue weighted by Gasteiger charge is -2.29. The van der Waals surface area contributed by atoms with Gasteiger partial charge in [-0.05, 0) is 52.7 Å². The summed E-state index contributed by atoms with van der Waals surface area (Å²) in [5.41, 5.74) is 5.80. The molecule has 0 unspecified atom stereocenters. The van der Waals surface area contributed by atoms with Crippen LogP contribution in [0.25, 0.3) is 12.2 Å². The molecular weight excluding hydrogens is 364 g/mol. The van der Waals surface area contributed by atoms with Crippen molar-refractivity contribution in [3.63, 3.8) is 0 Å². The quantitative estimate of drug-likeness (QED) is 0.265. The molecule has 0 radical (unpaired) electrons. The molecule has 2 heteroatoms. The Morgan fingerprint density at radius 3 is 1.67 bits per heavy atom. The van der Waals surface area contributed by atoms with Crippen molar-refractivity contribution < 1.29 is 0 Å². The first-order valence-corrected chi connectivity index (χ1v) is 13.6. The highest BCUT2D eigenvalue weighted by molar-refractivity contribution is 7.21. The van der Waals surface area contributed by atoms with Crippen LogP contribution >= 0.6 is 11.1 Å². The monoisotopic (exact) mass is 396 g/mol. The van der Waals surface area contributed by atoms with Crippen molar-refractivity contribution in [3.8, 4) is 0 Å². The zero-order chi connectivity index (χ0) is 19.7. The summed E-state index contributed by atoms with van der Waals surface area (Å²) in [6, 6.07) is 19.8. The molecular formula is C25H33ClSi. The Labute approximate surface area is 171 Å². The minimum absolute atomic E-state index is 0.609. The zero-order valence-electron chi connectivity index (χ0n) is 16.9. The third-order valence-electron chi connectivity index (χ3n) is 5.52. The highest BCUT2D eigenvalue weighted by atomic mass is 35.6. The summed E-state index contributed by atoms with van der Waals surface area (Å²) in [4.78, 5) is 0. The summed E-state index contributed by atoms with van der Waals surface area (Å²) in [5, 5.41) is 0. The lowest BCUT2D eigenvalue weighted by molar-refractivity contribution is 0.836. The van der Waals surface area contributed by atoms with Crippen LogP contribution in [0.5, 0.6) is 0 Å². The van der Waals surface area contributed by atoms with Crippen molar-refractivity contribution >= 4 is 30.6 Å². The van der Waals surface area contributed by atoms with E-state index >= 15 is 0 Å². The summed E-state index contributed by atoms with van der Waals surface area (Å²) in [6.07, 6.45) is 8.41. The van der Waals surface area contributed by atoms with Gasteiger partial charge in [0.2, 0.25) is 0 Å². The van der Waals surface area contributed by atoms with Gasteiger partial charge in [-0.2, -0.15) is 11.1 Å². The van der Waals surface area contributed by atoms with E-state index in [1.165, 1.54) is 47.2 Å². The van der Waals surface area contributed by atoms with Crippen molar-refractivity contribution in [1.82, 2.24) is 0 Å². The Bertz CT molecular complexity index is 690. The van der Waals surface area contributed by atoms with Gasteiger partial charge in [-0.3, -0.25) is 0 Å². The molecule has 27 heavy (non-hydrogen) atoms. The van der Waals surface area contributed by atoms with Crippen LogP contribution in [-0.2, 0) is 12.8 Å². The van der Waals surface area contributed by atoms with Crippen molar-refractivity contribution in [2.24, 2.45) is 0 Å². The maximum Gasteiger partial charge on any atom is 0.159 e. The number of halogens is 1. The summed E-state index contributed by atoms with van der Waals surface area (Å²) in [7, 11) is -1.75. The van der Waals surface area contributed by atoms with Crippen molar-refractivity contribution in [1.29, 1.82) is 0 Å². The van der Waals surface area contributed by atoms with Crippen LogP contribution < -0.4 is 0 Å². The highest BCUT2D eigenvalue weighted by Gasteiger charge is 2.33. The molecule has 0 aliphatic rings. The van der Waals surface area contributed by atoms with Gasteiger partial charge in [0.05, 0.1) is 0 Å². The summed E-state index contributed by atoms with van der Waals surface area (Å²) in [5.74, 6) is 0. The third-order valence-corrected chi connectivity index (χ3v) is 12.4. The zero-order valence-corrected chi connectivity index (χ0v) is 18.6. The number of benzene rings is 2. The van der Waals surface area contributed by atoms with Gasteiger partial charge in [0.15, 0.2) is 7.38 Å². The topological polar surface area (TPSA) is 0 Å². The minimum Gasteiger partial charge on any atom is -0.167 e. The predicted molar refractivity (Wildman–Crippen MR) is 126 cm³/mol. The highest BCUT2D eigenvalue weighted by Crippen LogP contribution is 2.36. The second-order valence-electron chi connectivity index (χ2n) is 7.79. The van der Waals surface area contributed by atoms with Crippen molar-refractivity contribution in [3.05, 3.63) is 83.9 Å². The molecule has 2 aromatic carbocycles. The van der Waals surface area contributed by atoms with E-state index in [1.807, 2.05) is 12.2 Å². The molecule has 0 spiro atoms. The first kappa shape index (κ1) is 21.7. The average Bonchev–Trinajstić information content (AvgIpc) is 2.68. The molecule has 2 rings (SSSR count). The Morgan fingerprint density at radius 2 is 1.30 bits per heavy atom. The molecule has 0 heterocycles. The lowest BCUT2D eigenvalue weighted by atomic mass is 10.1. The Balaban J connectivity index is 1.87. The summed E-state index contributed by atoms with van der Waals surface area (Å²) >= 11 is 7.23. The second kappa shape index (κ2) is 10.7. The Kier molecular flexibility index (Phi) is 8.59. The smallest absolute Gasteiger partial charge is 0.159 e. The number of hydrogen-bond acceptors (Lipinski definition) is 0. The first-order valence-electron chi connectivity index (χ1n) is 10.1. The van der Waals surface area contributed by atoms with Crippen LogP contribution in [0.3, 0.4) is 0 Å². The fourth-order valence-corrected chi connectivity index (χ4v) is 7.36. The van der Waals surface area contributed by atoms with Gasteiger partial charge in [0.25, 0.3) is 0 Å². The van der Waals surface area contributed by atoms with E-state index in [-0.39, 0.29) is 0 Å². The van der Waals surface area contributed by atoms with E-state index in [1.54, 1.807) is 0 Å². The molecule has 0 nitrogen and oxygen atoms in total. The molecule has 0 atom stereocenters. The van der Waals surface area contributed by atoms with Gasteiger partial charge in [-0.25, -0.2) is 0 Å². The van der Waals surface area contributed by atoms with E-state index < -0.39 is 7.38 Å². The van der Waals surface area contributed by atoms with Crippen LogP contribution in [0.1, 0.15) is 48.9 Å². The van der Waals surface area contributed by atoms with Gasteiger partial charge in [-0.1, -0.05) is 101 Å². The molecule has 0 N–H and O–H groups in total.